The van der Waals surface area contributed by atoms with Gasteiger partial charge in [0.25, 0.3) is 0 Å². The van der Waals surface area contributed by atoms with E-state index in [4.69, 9.17) is 37.8 Å². The van der Waals surface area contributed by atoms with Crippen LogP contribution in [0.4, 0.5) is 13.2 Å². The second-order valence-corrected chi connectivity index (χ2v) is 8.75. The number of nitrogens with zero attached hydrogens (tertiary/aromatic N) is 1. The SMILES string of the molecule is C/C=C(\C)Oc1c(C)n(Cc2ccc(Cl)c(OC(C)C(=O)O)c2)c2cc(OC(F)(F)F)ccc12.C=CCCl. The van der Waals surface area contributed by atoms with E-state index in [1.165, 1.54) is 25.1 Å². The first-order valence-corrected chi connectivity index (χ1v) is 12.3. The Kier molecular flexibility index (Phi) is 11.0. The van der Waals surface area contributed by atoms with Crippen LogP contribution in [0.15, 0.2) is 60.9 Å². The molecule has 1 atom stereocenters. The molecular formula is C27H28Cl2F3NO5. The van der Waals surface area contributed by atoms with Gasteiger partial charge in [-0.15, -0.1) is 31.4 Å². The third kappa shape index (κ3) is 8.36. The highest BCUT2D eigenvalue weighted by molar-refractivity contribution is 6.32. The molecule has 0 aliphatic carbocycles. The average Bonchev–Trinajstić information content (AvgIpc) is 3.10. The number of rotatable bonds is 9. The van der Waals surface area contributed by atoms with Crippen molar-refractivity contribution in [3.05, 3.63) is 77.2 Å². The van der Waals surface area contributed by atoms with Crippen LogP contribution in [0.3, 0.4) is 0 Å². The predicted octanol–water partition coefficient (Wildman–Crippen LogP) is 8.12. The number of hydrogen-bond acceptors (Lipinski definition) is 4. The van der Waals surface area contributed by atoms with Gasteiger partial charge in [0.2, 0.25) is 0 Å². The topological polar surface area (TPSA) is 69.9 Å². The Morgan fingerprint density at radius 2 is 1.89 bits per heavy atom. The average molecular weight is 574 g/mol. The first kappa shape index (κ1) is 30.9. The van der Waals surface area contributed by atoms with Crippen LogP contribution in [0.5, 0.6) is 17.2 Å². The van der Waals surface area contributed by atoms with Crippen LogP contribution in [-0.4, -0.2) is 34.0 Å². The van der Waals surface area contributed by atoms with Crippen molar-refractivity contribution in [1.29, 1.82) is 0 Å². The molecule has 0 fully saturated rings. The molecule has 1 heterocycles. The summed E-state index contributed by atoms with van der Waals surface area (Å²) in [4.78, 5) is 11.1. The monoisotopic (exact) mass is 573 g/mol. The van der Waals surface area contributed by atoms with Gasteiger partial charge in [-0.1, -0.05) is 23.7 Å². The third-order valence-corrected chi connectivity index (χ3v) is 5.77. The maximum atomic E-state index is 12.8. The Labute approximate surface area is 228 Å². The van der Waals surface area contributed by atoms with Crippen molar-refractivity contribution in [3.8, 4) is 17.2 Å². The molecule has 0 spiro atoms. The summed E-state index contributed by atoms with van der Waals surface area (Å²) in [6.07, 6.45) is -2.53. The van der Waals surface area contributed by atoms with Gasteiger partial charge in [-0.05, 0) is 63.6 Å². The second kappa shape index (κ2) is 13.5. The zero-order valence-corrected chi connectivity index (χ0v) is 22.7. The maximum Gasteiger partial charge on any atom is 0.573 e. The summed E-state index contributed by atoms with van der Waals surface area (Å²) in [6, 6.07) is 8.94. The number of ether oxygens (including phenoxy) is 3. The van der Waals surface area contributed by atoms with E-state index in [1.807, 2.05) is 6.92 Å². The van der Waals surface area contributed by atoms with Crippen molar-refractivity contribution in [3.63, 3.8) is 0 Å². The smallest absolute Gasteiger partial charge is 0.479 e. The van der Waals surface area contributed by atoms with Crippen LogP contribution in [0.2, 0.25) is 5.02 Å². The van der Waals surface area contributed by atoms with Crippen LogP contribution in [0.25, 0.3) is 10.9 Å². The summed E-state index contributed by atoms with van der Waals surface area (Å²) >= 11 is 11.2. The molecule has 1 aromatic heterocycles. The van der Waals surface area contributed by atoms with E-state index < -0.39 is 18.4 Å². The molecule has 38 heavy (non-hydrogen) atoms. The van der Waals surface area contributed by atoms with Crippen LogP contribution >= 0.6 is 23.2 Å². The Bertz CT molecular complexity index is 1320. The largest absolute Gasteiger partial charge is 0.573 e. The van der Waals surface area contributed by atoms with Crippen LogP contribution < -0.4 is 14.2 Å². The van der Waals surface area contributed by atoms with Crippen LogP contribution in [0, 0.1) is 6.92 Å². The first-order chi connectivity index (χ1) is 17.8. The zero-order valence-electron chi connectivity index (χ0n) is 21.2. The molecule has 3 aromatic rings. The fourth-order valence-electron chi connectivity index (χ4n) is 3.33. The number of carboxylic acid groups (broad SMARTS) is 1. The van der Waals surface area contributed by atoms with E-state index in [0.29, 0.717) is 39.5 Å². The molecule has 0 aliphatic rings. The lowest BCUT2D eigenvalue weighted by molar-refractivity contribution is -0.274. The molecular weight excluding hydrogens is 546 g/mol. The van der Waals surface area contributed by atoms with Gasteiger partial charge < -0.3 is 23.9 Å². The Balaban J connectivity index is 0.00000118. The van der Waals surface area contributed by atoms with Crippen molar-refractivity contribution in [2.75, 3.05) is 5.88 Å². The first-order valence-electron chi connectivity index (χ1n) is 11.3. The molecule has 0 saturated heterocycles. The molecule has 11 heteroatoms. The van der Waals surface area contributed by atoms with Crippen LogP contribution in [0.1, 0.15) is 32.0 Å². The predicted molar refractivity (Wildman–Crippen MR) is 143 cm³/mol. The summed E-state index contributed by atoms with van der Waals surface area (Å²) in [5, 5.41) is 9.96. The standard InChI is InChI=1S/C24H23ClF3NO5.C3H5Cl/c1-5-13(2)32-22-14(3)29(20-11-17(7-8-18(20)22)34-24(26,27)28)12-16-6-9-19(25)21(10-16)33-15(4)23(30)31;1-2-3-4/h5-11,15H,12H2,1-4H3,(H,30,31);2H,1,3H2/b13-5+;. The number of carbonyl (C=O) groups is 1. The van der Waals surface area contributed by atoms with Crippen molar-refractivity contribution in [2.45, 2.75) is 46.7 Å². The van der Waals surface area contributed by atoms with E-state index >= 15 is 0 Å². The van der Waals surface area contributed by atoms with Crippen molar-refractivity contribution in [1.82, 2.24) is 4.57 Å². The molecule has 0 radical (unpaired) electrons. The molecule has 6 nitrogen and oxygen atoms in total. The molecule has 3 rings (SSSR count). The summed E-state index contributed by atoms with van der Waals surface area (Å²) in [5.74, 6) is 0.373. The normalized spacial score (nSPS) is 12.4. The second-order valence-electron chi connectivity index (χ2n) is 8.03. The number of aromatic nitrogens is 1. The number of aliphatic carboxylic acids is 1. The van der Waals surface area contributed by atoms with E-state index in [-0.39, 0.29) is 23.1 Å². The van der Waals surface area contributed by atoms with Crippen molar-refractivity contribution >= 4 is 40.1 Å². The molecule has 2 aromatic carbocycles. The summed E-state index contributed by atoms with van der Waals surface area (Å²) < 4.78 is 55.7. The van der Waals surface area contributed by atoms with Gasteiger partial charge >= 0.3 is 12.3 Å². The molecule has 206 valence electrons. The number of fused-ring (bicyclic) bond motifs is 1. The summed E-state index contributed by atoms with van der Waals surface area (Å²) in [6.45, 7) is 10.3. The minimum Gasteiger partial charge on any atom is -0.479 e. The Morgan fingerprint density at radius 1 is 1.24 bits per heavy atom. The number of alkyl halides is 4. The van der Waals surface area contributed by atoms with Gasteiger partial charge in [-0.3, -0.25) is 0 Å². The van der Waals surface area contributed by atoms with E-state index in [1.54, 1.807) is 48.8 Å². The van der Waals surface area contributed by atoms with Gasteiger partial charge in [-0.25, -0.2) is 4.79 Å². The lowest BCUT2D eigenvalue weighted by Gasteiger charge is -2.15. The third-order valence-electron chi connectivity index (χ3n) is 5.24. The molecule has 0 amide bonds. The van der Waals surface area contributed by atoms with Gasteiger partial charge in [-0.2, -0.15) is 0 Å². The minimum atomic E-state index is -4.83. The van der Waals surface area contributed by atoms with Crippen molar-refractivity contribution in [2.24, 2.45) is 0 Å². The number of halogens is 5. The quantitative estimate of drug-likeness (QED) is 0.159. The fourth-order valence-corrected chi connectivity index (χ4v) is 3.50. The van der Waals surface area contributed by atoms with E-state index in [9.17, 15) is 18.0 Å². The Hall–Kier alpha value is -3.30. The number of benzene rings is 2. The van der Waals surface area contributed by atoms with E-state index in [0.717, 1.165) is 0 Å². The van der Waals surface area contributed by atoms with Gasteiger partial charge in [0, 0.05) is 23.9 Å². The highest BCUT2D eigenvalue weighted by Gasteiger charge is 2.31. The highest BCUT2D eigenvalue weighted by Crippen LogP contribution is 2.38. The maximum absolute atomic E-state index is 12.8. The molecule has 1 unspecified atom stereocenters. The van der Waals surface area contributed by atoms with Gasteiger partial charge in [0.05, 0.1) is 22.0 Å². The number of hydrogen-bond donors (Lipinski definition) is 1. The Morgan fingerprint density at radius 3 is 2.45 bits per heavy atom. The lowest BCUT2D eigenvalue weighted by atomic mass is 10.2. The van der Waals surface area contributed by atoms with Crippen molar-refractivity contribution < 1.29 is 37.3 Å². The number of carboxylic acids is 1. The molecule has 0 aliphatic heterocycles. The van der Waals surface area contributed by atoms with E-state index in [2.05, 4.69) is 11.3 Å². The summed E-state index contributed by atoms with van der Waals surface area (Å²) in [7, 11) is 0. The minimum absolute atomic E-state index is 0.186. The lowest BCUT2D eigenvalue weighted by Crippen LogP contribution is -2.23. The fraction of sp³-hybridized carbons (Fsp3) is 0.296. The van der Waals surface area contributed by atoms with Gasteiger partial charge in [0.15, 0.2) is 11.9 Å². The van der Waals surface area contributed by atoms with Crippen LogP contribution in [-0.2, 0) is 11.3 Å². The summed E-state index contributed by atoms with van der Waals surface area (Å²) in [5.41, 5.74) is 1.83. The van der Waals surface area contributed by atoms with Gasteiger partial charge in [0.1, 0.15) is 11.5 Å². The zero-order chi connectivity index (χ0) is 28.6. The molecule has 0 saturated carbocycles. The number of allylic oxidation sites excluding steroid dienone is 3. The highest BCUT2D eigenvalue weighted by atomic mass is 35.5. The molecule has 0 bridgehead atoms. The molecule has 1 N–H and O–H groups in total.